The van der Waals surface area contributed by atoms with Crippen LogP contribution in [0.4, 0.5) is 15.8 Å². The molecule has 1 heterocycles. The summed E-state index contributed by atoms with van der Waals surface area (Å²) < 4.78 is 46.9. The van der Waals surface area contributed by atoms with E-state index in [4.69, 9.17) is 9.84 Å². The standard InChI is InChI=1S/C27H34FNO6S2/c1-4-6-12-27(13-7-5-2)17-29(19-8-10-20(30)11-9-19)22-14-24(36-3)23(35-16-21(28)26(31)32)15-25(22)37(33,34)18-27/h8-11,14-16,30H,4-7,12-13,17-18H2,1-3H3,(H,31,32). The van der Waals surface area contributed by atoms with E-state index in [1.54, 1.807) is 36.6 Å². The van der Waals surface area contributed by atoms with Gasteiger partial charge in [-0.1, -0.05) is 39.5 Å². The van der Waals surface area contributed by atoms with Gasteiger partial charge in [0.2, 0.25) is 5.83 Å². The van der Waals surface area contributed by atoms with Crippen molar-refractivity contribution in [2.75, 3.05) is 23.5 Å². The van der Waals surface area contributed by atoms with Crippen molar-refractivity contribution >= 4 is 38.9 Å². The first kappa shape index (κ1) is 28.8. The Hall–Kier alpha value is -2.72. The van der Waals surface area contributed by atoms with E-state index >= 15 is 0 Å². The van der Waals surface area contributed by atoms with E-state index in [0.717, 1.165) is 44.2 Å². The quantitative estimate of drug-likeness (QED) is 0.181. The highest BCUT2D eigenvalue weighted by Gasteiger charge is 2.42. The number of aromatic hydroxyl groups is 1. The van der Waals surface area contributed by atoms with Crippen LogP contribution in [-0.2, 0) is 14.6 Å². The van der Waals surface area contributed by atoms with Crippen molar-refractivity contribution in [3.05, 3.63) is 48.5 Å². The van der Waals surface area contributed by atoms with Gasteiger partial charge in [0, 0.05) is 23.7 Å². The van der Waals surface area contributed by atoms with Gasteiger partial charge in [0.05, 0.1) is 21.2 Å². The minimum atomic E-state index is -3.81. The van der Waals surface area contributed by atoms with Crippen LogP contribution in [0.25, 0.3) is 0 Å². The minimum absolute atomic E-state index is 0.0427. The molecule has 0 saturated carbocycles. The Morgan fingerprint density at radius 2 is 1.78 bits per heavy atom. The summed E-state index contributed by atoms with van der Waals surface area (Å²) in [6, 6.07) is 9.72. The molecule has 0 aliphatic carbocycles. The van der Waals surface area contributed by atoms with Crippen molar-refractivity contribution in [1.82, 2.24) is 0 Å². The Morgan fingerprint density at radius 1 is 1.16 bits per heavy atom. The number of halogens is 1. The maximum absolute atomic E-state index is 14.0. The second-order valence-electron chi connectivity index (χ2n) is 9.43. The number of anilines is 2. The summed E-state index contributed by atoms with van der Waals surface area (Å²) in [5.74, 6) is -3.14. The van der Waals surface area contributed by atoms with Gasteiger partial charge in [-0.05, 0) is 49.4 Å². The molecule has 2 aromatic rings. The van der Waals surface area contributed by atoms with Gasteiger partial charge in [0.1, 0.15) is 17.8 Å². The van der Waals surface area contributed by atoms with Crippen LogP contribution in [0, 0.1) is 5.41 Å². The van der Waals surface area contributed by atoms with E-state index in [9.17, 15) is 22.7 Å². The normalized spacial score (nSPS) is 16.6. The Morgan fingerprint density at radius 3 is 2.32 bits per heavy atom. The highest BCUT2D eigenvalue weighted by atomic mass is 32.2. The van der Waals surface area contributed by atoms with Crippen LogP contribution in [0.5, 0.6) is 11.5 Å². The topological polar surface area (TPSA) is 104 Å². The van der Waals surface area contributed by atoms with Crippen LogP contribution in [0.2, 0.25) is 0 Å². The van der Waals surface area contributed by atoms with Crippen LogP contribution in [0.3, 0.4) is 0 Å². The maximum Gasteiger partial charge on any atom is 0.368 e. The third-order valence-electron chi connectivity index (χ3n) is 6.64. The summed E-state index contributed by atoms with van der Waals surface area (Å²) >= 11 is 1.28. The predicted molar refractivity (Wildman–Crippen MR) is 144 cm³/mol. The molecule has 10 heteroatoms. The number of fused-ring (bicyclic) bond motifs is 1. The zero-order valence-corrected chi connectivity index (χ0v) is 23.0. The van der Waals surface area contributed by atoms with Gasteiger partial charge >= 0.3 is 5.97 Å². The number of rotatable bonds is 11. The largest absolute Gasteiger partial charge is 0.508 e. The first-order chi connectivity index (χ1) is 17.6. The van der Waals surface area contributed by atoms with Gasteiger partial charge in [-0.2, -0.15) is 4.39 Å². The van der Waals surface area contributed by atoms with E-state index < -0.39 is 27.0 Å². The number of carboxylic acids is 1. The molecule has 0 bridgehead atoms. The molecule has 0 fully saturated rings. The minimum Gasteiger partial charge on any atom is -0.508 e. The lowest BCUT2D eigenvalue weighted by atomic mass is 9.79. The fraction of sp³-hybridized carbons (Fsp3) is 0.444. The van der Waals surface area contributed by atoms with Crippen LogP contribution < -0.4 is 9.64 Å². The monoisotopic (exact) mass is 551 g/mol. The number of hydrogen-bond donors (Lipinski definition) is 2. The van der Waals surface area contributed by atoms with Crippen molar-refractivity contribution in [2.45, 2.75) is 62.2 Å². The van der Waals surface area contributed by atoms with Gasteiger partial charge < -0.3 is 19.8 Å². The summed E-state index contributed by atoms with van der Waals surface area (Å²) in [6.07, 6.45) is 7.40. The van der Waals surface area contributed by atoms with E-state index in [0.29, 0.717) is 23.4 Å². The Labute approximate surface area is 222 Å². The summed E-state index contributed by atoms with van der Waals surface area (Å²) in [5.41, 5.74) is 0.712. The van der Waals surface area contributed by atoms with Gasteiger partial charge in [-0.15, -0.1) is 11.8 Å². The lowest BCUT2D eigenvalue weighted by Crippen LogP contribution is -2.38. The van der Waals surface area contributed by atoms with Crippen LogP contribution in [0.1, 0.15) is 52.4 Å². The molecule has 2 aromatic carbocycles. The summed E-state index contributed by atoms with van der Waals surface area (Å²) in [6.45, 7) is 4.65. The molecule has 2 N–H and O–H groups in total. The fourth-order valence-corrected chi connectivity index (χ4v) is 7.40. The second kappa shape index (κ2) is 12.2. The number of ether oxygens (including phenoxy) is 1. The summed E-state index contributed by atoms with van der Waals surface area (Å²) in [7, 11) is -3.81. The number of carbonyl (C=O) groups is 1. The summed E-state index contributed by atoms with van der Waals surface area (Å²) in [4.78, 5) is 13.4. The first-order valence-electron chi connectivity index (χ1n) is 12.3. The zero-order valence-electron chi connectivity index (χ0n) is 21.4. The number of nitrogens with zero attached hydrogens (tertiary/aromatic N) is 1. The number of hydrogen-bond acceptors (Lipinski definition) is 7. The second-order valence-corrected chi connectivity index (χ2v) is 12.2. The average Bonchev–Trinajstić information content (AvgIpc) is 2.96. The number of unbranched alkanes of at least 4 members (excludes halogenated alkanes) is 2. The third kappa shape index (κ3) is 6.78. The van der Waals surface area contributed by atoms with Crippen molar-refractivity contribution in [3.8, 4) is 11.5 Å². The lowest BCUT2D eigenvalue weighted by molar-refractivity contribution is -0.134. The van der Waals surface area contributed by atoms with Gasteiger partial charge in [0.15, 0.2) is 9.84 Å². The van der Waals surface area contributed by atoms with Gasteiger partial charge in [-0.3, -0.25) is 0 Å². The number of carboxylic acid groups (broad SMARTS) is 1. The molecule has 0 spiro atoms. The molecule has 0 aromatic heterocycles. The number of thioether (sulfide) groups is 1. The van der Waals surface area contributed by atoms with Crippen molar-refractivity contribution in [3.63, 3.8) is 0 Å². The molecular formula is C27H34FNO6S2. The van der Waals surface area contributed by atoms with E-state index in [2.05, 4.69) is 13.8 Å². The molecule has 3 rings (SSSR count). The average molecular weight is 552 g/mol. The predicted octanol–water partition coefficient (Wildman–Crippen LogP) is 6.68. The molecule has 37 heavy (non-hydrogen) atoms. The molecule has 0 amide bonds. The number of phenols is 1. The van der Waals surface area contributed by atoms with Crippen LogP contribution in [-0.4, -0.2) is 43.2 Å². The smallest absolute Gasteiger partial charge is 0.368 e. The Kier molecular flexibility index (Phi) is 9.52. The van der Waals surface area contributed by atoms with E-state index in [1.807, 2.05) is 4.90 Å². The zero-order chi connectivity index (χ0) is 27.2. The third-order valence-corrected chi connectivity index (χ3v) is 9.39. The van der Waals surface area contributed by atoms with Gasteiger partial charge in [-0.25, -0.2) is 13.2 Å². The Bertz CT molecular complexity index is 1240. The molecule has 0 atom stereocenters. The summed E-state index contributed by atoms with van der Waals surface area (Å²) in [5, 5.41) is 18.7. The maximum atomic E-state index is 14.0. The molecule has 0 unspecified atom stereocenters. The first-order valence-corrected chi connectivity index (χ1v) is 15.2. The fourth-order valence-electron chi connectivity index (χ4n) is 4.75. The van der Waals surface area contributed by atoms with Crippen LogP contribution >= 0.6 is 11.8 Å². The number of aliphatic carboxylic acids is 1. The highest BCUT2D eigenvalue weighted by molar-refractivity contribution is 7.98. The number of phenolic OH excluding ortho intramolecular Hbond substituents is 1. The van der Waals surface area contributed by atoms with Crippen LogP contribution in [0.15, 0.2) is 58.3 Å². The molecule has 7 nitrogen and oxygen atoms in total. The molecule has 1 aliphatic heterocycles. The molecule has 202 valence electrons. The SMILES string of the molecule is CCCCC1(CCCC)CN(c2ccc(O)cc2)c2cc(SC)c(OC=C(F)C(=O)O)cc2S(=O)(=O)C1. The molecule has 0 radical (unpaired) electrons. The molecule has 1 aliphatic rings. The van der Waals surface area contributed by atoms with Crippen molar-refractivity contribution in [2.24, 2.45) is 5.41 Å². The van der Waals surface area contributed by atoms with Crippen molar-refractivity contribution in [1.29, 1.82) is 0 Å². The molecular weight excluding hydrogens is 517 g/mol. The number of benzene rings is 2. The lowest BCUT2D eigenvalue weighted by Gasteiger charge is -2.37. The Balaban J connectivity index is 2.25. The number of sulfone groups is 1. The van der Waals surface area contributed by atoms with Gasteiger partial charge in [0.25, 0.3) is 0 Å². The van der Waals surface area contributed by atoms with Crippen molar-refractivity contribution < 1.29 is 32.6 Å². The van der Waals surface area contributed by atoms with E-state index in [1.165, 1.54) is 17.8 Å². The molecule has 0 saturated heterocycles. The highest BCUT2D eigenvalue weighted by Crippen LogP contribution is 2.48. The van der Waals surface area contributed by atoms with E-state index in [-0.39, 0.29) is 22.1 Å².